The van der Waals surface area contributed by atoms with Gasteiger partial charge in [0.05, 0.1) is 48.4 Å². The Labute approximate surface area is 183 Å². The molecule has 0 radical (unpaired) electrons. The summed E-state index contributed by atoms with van der Waals surface area (Å²) >= 11 is 0. The van der Waals surface area contributed by atoms with E-state index < -0.39 is 36.7 Å². The van der Waals surface area contributed by atoms with E-state index in [1.807, 2.05) is 4.90 Å². The first-order chi connectivity index (χ1) is 14.6. The lowest BCUT2D eigenvalue weighted by atomic mass is 9.96. The largest absolute Gasteiger partial charge is 0.493 e. The van der Waals surface area contributed by atoms with Crippen molar-refractivity contribution in [3.05, 3.63) is 18.2 Å². The maximum atomic E-state index is 13.5. The number of methoxy groups -OCH3 is 2. The first kappa shape index (κ1) is 23.8. The lowest BCUT2D eigenvalue weighted by molar-refractivity contribution is -0.150. The minimum atomic E-state index is -3.99. The molecule has 1 aromatic rings. The first-order valence-electron chi connectivity index (χ1n) is 10.2. The molecular weight excluding hydrogens is 446 g/mol. The van der Waals surface area contributed by atoms with Crippen LogP contribution < -0.4 is 9.47 Å². The second-order valence-corrected chi connectivity index (χ2v) is 12.2. The third-order valence-corrected chi connectivity index (χ3v) is 10.0. The van der Waals surface area contributed by atoms with Crippen LogP contribution in [0.25, 0.3) is 0 Å². The van der Waals surface area contributed by atoms with Crippen LogP contribution in [0.3, 0.4) is 0 Å². The highest BCUT2D eigenvalue weighted by Gasteiger charge is 2.49. The summed E-state index contributed by atoms with van der Waals surface area (Å²) in [5.74, 6) is -0.783. The second-order valence-electron chi connectivity index (χ2n) is 7.83. The normalized spacial score (nSPS) is 26.4. The fourth-order valence-electron chi connectivity index (χ4n) is 4.36. The Balaban J connectivity index is 1.92. The summed E-state index contributed by atoms with van der Waals surface area (Å²) in [7, 11) is -4.69. The molecule has 11 heteroatoms. The van der Waals surface area contributed by atoms with Gasteiger partial charge in [-0.05, 0) is 38.4 Å². The number of benzene rings is 1. The van der Waals surface area contributed by atoms with E-state index in [9.17, 15) is 21.6 Å². The first-order valence-corrected chi connectivity index (χ1v) is 13.6. The number of likely N-dealkylation sites (tertiary alicyclic amines) is 1. The van der Waals surface area contributed by atoms with Crippen LogP contribution in [-0.2, 0) is 29.2 Å². The monoisotopic (exact) mass is 475 g/mol. The molecule has 2 aliphatic rings. The Kier molecular flexibility index (Phi) is 7.17. The van der Waals surface area contributed by atoms with Crippen LogP contribution in [0.4, 0.5) is 0 Å². The van der Waals surface area contributed by atoms with Crippen LogP contribution in [0.15, 0.2) is 23.1 Å². The van der Waals surface area contributed by atoms with E-state index >= 15 is 0 Å². The summed E-state index contributed by atoms with van der Waals surface area (Å²) in [5, 5.41) is -1.13. The molecule has 0 aromatic heterocycles. The summed E-state index contributed by atoms with van der Waals surface area (Å²) in [6, 6.07) is 3.52. The Hall–Kier alpha value is -1.85. The molecule has 2 fully saturated rings. The number of ether oxygens (including phenoxy) is 3. The summed E-state index contributed by atoms with van der Waals surface area (Å²) in [6.45, 7) is 2.82. The number of carbonyl (C=O) groups is 1. The van der Waals surface area contributed by atoms with Crippen molar-refractivity contribution in [3.63, 3.8) is 0 Å². The number of piperidine rings is 1. The van der Waals surface area contributed by atoms with E-state index in [1.54, 1.807) is 6.92 Å². The lowest BCUT2D eigenvalue weighted by Gasteiger charge is -2.37. The lowest BCUT2D eigenvalue weighted by Crippen LogP contribution is -2.51. The van der Waals surface area contributed by atoms with Gasteiger partial charge in [0.1, 0.15) is 0 Å². The molecular formula is C20H29NO8S2. The van der Waals surface area contributed by atoms with Crippen molar-refractivity contribution in [2.45, 2.75) is 36.0 Å². The van der Waals surface area contributed by atoms with Crippen LogP contribution in [0, 0.1) is 5.92 Å². The van der Waals surface area contributed by atoms with E-state index in [2.05, 4.69) is 0 Å². The summed E-state index contributed by atoms with van der Waals surface area (Å²) in [4.78, 5) is 14.0. The molecule has 0 bridgehead atoms. The van der Waals surface area contributed by atoms with Crippen LogP contribution in [0.2, 0.25) is 0 Å². The van der Waals surface area contributed by atoms with E-state index in [4.69, 9.17) is 14.2 Å². The molecule has 3 atom stereocenters. The number of sulfone groups is 2. The van der Waals surface area contributed by atoms with Gasteiger partial charge < -0.3 is 14.2 Å². The summed E-state index contributed by atoms with van der Waals surface area (Å²) in [5.41, 5.74) is 0. The molecule has 2 heterocycles. The Morgan fingerprint density at radius 1 is 1.16 bits per heavy atom. The van der Waals surface area contributed by atoms with Gasteiger partial charge in [0.15, 0.2) is 31.2 Å². The second kappa shape index (κ2) is 9.33. The number of esters is 1. The predicted octanol–water partition coefficient (Wildman–Crippen LogP) is 0.918. The molecule has 0 N–H and O–H groups in total. The Bertz CT molecular complexity index is 1020. The van der Waals surface area contributed by atoms with Crippen LogP contribution in [0.5, 0.6) is 11.5 Å². The van der Waals surface area contributed by atoms with Gasteiger partial charge in [-0.1, -0.05) is 0 Å². The average Bonchev–Trinajstić information content (AvgIpc) is 3.09. The minimum absolute atomic E-state index is 0.0174. The third-order valence-electron chi connectivity index (χ3n) is 5.90. The van der Waals surface area contributed by atoms with Gasteiger partial charge >= 0.3 is 5.97 Å². The van der Waals surface area contributed by atoms with E-state index in [0.717, 1.165) is 0 Å². The number of carbonyl (C=O) groups excluding carboxylic acids is 1. The minimum Gasteiger partial charge on any atom is -0.493 e. The van der Waals surface area contributed by atoms with Crippen LogP contribution >= 0.6 is 0 Å². The highest BCUT2D eigenvalue weighted by Crippen LogP contribution is 2.35. The van der Waals surface area contributed by atoms with Crippen molar-refractivity contribution >= 4 is 25.6 Å². The SMILES string of the molecule is CCOC(=O)C1CCCN([C@H]2CS(=O)(=O)C[C@@H]2S(=O)(=O)c2ccc(OC)c(OC)c2)C1. The molecule has 9 nitrogen and oxygen atoms in total. The quantitative estimate of drug-likeness (QED) is 0.531. The molecule has 1 unspecified atom stereocenters. The fraction of sp³-hybridized carbons (Fsp3) is 0.650. The van der Waals surface area contributed by atoms with Crippen molar-refractivity contribution in [2.75, 3.05) is 45.4 Å². The molecule has 0 aliphatic carbocycles. The number of rotatable bonds is 7. The van der Waals surface area contributed by atoms with Crippen molar-refractivity contribution in [1.82, 2.24) is 4.90 Å². The number of nitrogens with zero attached hydrogens (tertiary/aromatic N) is 1. The van der Waals surface area contributed by atoms with Crippen molar-refractivity contribution in [1.29, 1.82) is 0 Å². The number of hydrogen-bond acceptors (Lipinski definition) is 9. The van der Waals surface area contributed by atoms with Gasteiger partial charge in [-0.15, -0.1) is 0 Å². The summed E-state index contributed by atoms with van der Waals surface area (Å²) in [6.07, 6.45) is 1.31. The predicted molar refractivity (Wildman–Crippen MR) is 114 cm³/mol. The van der Waals surface area contributed by atoms with Gasteiger partial charge in [-0.2, -0.15) is 0 Å². The molecule has 1 aromatic carbocycles. The molecule has 174 valence electrons. The Morgan fingerprint density at radius 2 is 1.87 bits per heavy atom. The molecule has 0 amide bonds. The molecule has 0 saturated carbocycles. The molecule has 3 rings (SSSR count). The van der Waals surface area contributed by atoms with Crippen molar-refractivity contribution < 1.29 is 35.8 Å². The van der Waals surface area contributed by atoms with E-state index in [1.165, 1.54) is 32.4 Å². The highest BCUT2D eigenvalue weighted by molar-refractivity contribution is 7.96. The average molecular weight is 476 g/mol. The highest BCUT2D eigenvalue weighted by atomic mass is 32.2. The van der Waals surface area contributed by atoms with Gasteiger partial charge in [0, 0.05) is 18.7 Å². The van der Waals surface area contributed by atoms with Gasteiger partial charge in [0.2, 0.25) is 0 Å². The fourth-order valence-corrected chi connectivity index (χ4v) is 9.21. The van der Waals surface area contributed by atoms with Crippen molar-refractivity contribution in [3.8, 4) is 11.5 Å². The van der Waals surface area contributed by atoms with Crippen LogP contribution in [0.1, 0.15) is 19.8 Å². The molecule has 2 saturated heterocycles. The Morgan fingerprint density at radius 3 is 2.52 bits per heavy atom. The van der Waals surface area contributed by atoms with Crippen LogP contribution in [-0.4, -0.2) is 84.4 Å². The smallest absolute Gasteiger partial charge is 0.310 e. The molecule has 31 heavy (non-hydrogen) atoms. The number of hydrogen-bond donors (Lipinski definition) is 0. The zero-order valence-corrected chi connectivity index (χ0v) is 19.6. The van der Waals surface area contributed by atoms with Gasteiger partial charge in [-0.25, -0.2) is 16.8 Å². The maximum absolute atomic E-state index is 13.5. The standard InChI is InChI=1S/C20H29NO8S2/c1-4-29-20(22)14-6-5-9-21(11-14)16-12-30(23,24)13-19(16)31(25,26)15-7-8-17(27-2)18(10-15)28-3/h7-8,10,14,16,19H,4-6,9,11-13H2,1-3H3/t14?,16-,19-/m0/s1. The zero-order valence-electron chi connectivity index (χ0n) is 17.9. The molecule has 0 spiro atoms. The summed E-state index contributed by atoms with van der Waals surface area (Å²) < 4.78 is 67.4. The maximum Gasteiger partial charge on any atom is 0.310 e. The zero-order chi connectivity index (χ0) is 22.8. The van der Waals surface area contributed by atoms with E-state index in [-0.39, 0.29) is 41.4 Å². The topological polar surface area (TPSA) is 116 Å². The molecule has 2 aliphatic heterocycles. The van der Waals surface area contributed by atoms with Gasteiger partial charge in [-0.3, -0.25) is 9.69 Å². The third kappa shape index (κ3) is 4.98. The van der Waals surface area contributed by atoms with Gasteiger partial charge in [0.25, 0.3) is 0 Å². The van der Waals surface area contributed by atoms with E-state index in [0.29, 0.717) is 25.1 Å². The van der Waals surface area contributed by atoms with Crippen molar-refractivity contribution in [2.24, 2.45) is 5.92 Å².